The van der Waals surface area contributed by atoms with Crippen LogP contribution in [0.15, 0.2) is 18.2 Å². The Balaban J connectivity index is 3.09. The minimum absolute atomic E-state index is 0.387. The van der Waals surface area contributed by atoms with Crippen molar-refractivity contribution in [3.63, 3.8) is 0 Å². The quantitative estimate of drug-likeness (QED) is 0.855. The molecule has 1 aromatic rings. The van der Waals surface area contributed by atoms with E-state index >= 15 is 0 Å². The Morgan fingerprint density at radius 3 is 2.50 bits per heavy atom. The lowest BCUT2D eigenvalue weighted by atomic mass is 9.96. The Hall–Kier alpha value is -1.58. The summed E-state index contributed by atoms with van der Waals surface area (Å²) in [5, 5.41) is 8.96. The second-order valence-electron chi connectivity index (χ2n) is 3.90. The van der Waals surface area contributed by atoms with Gasteiger partial charge in [-0.25, -0.2) is 4.39 Å². The fourth-order valence-electron chi connectivity index (χ4n) is 1.66. The number of hydrogen-bond donors (Lipinski definition) is 1. The van der Waals surface area contributed by atoms with Gasteiger partial charge in [0.25, 0.3) is 0 Å². The monoisotopic (exact) mass is 225 g/mol. The smallest absolute Gasteiger partial charge is 0.310 e. The van der Waals surface area contributed by atoms with Crippen molar-refractivity contribution in [1.82, 2.24) is 0 Å². The largest absolute Gasteiger partial charge is 0.481 e. The highest BCUT2D eigenvalue weighted by Gasteiger charge is 2.19. The zero-order chi connectivity index (χ0) is 12.3. The number of aliphatic carboxylic acids is 1. The average Bonchev–Trinajstić information content (AvgIpc) is 2.17. The van der Waals surface area contributed by atoms with Gasteiger partial charge < -0.3 is 10.0 Å². The lowest BCUT2D eigenvalue weighted by Crippen LogP contribution is -2.13. The molecular weight excluding hydrogens is 209 g/mol. The molecule has 88 valence electrons. The van der Waals surface area contributed by atoms with Crippen molar-refractivity contribution in [1.29, 1.82) is 0 Å². The standard InChI is InChI=1S/C12H16FNO2/c1-4-9(12(15)16)8-5-6-11(14(2)3)10(13)7-8/h5-7,9H,4H2,1-3H3,(H,15,16). The molecule has 16 heavy (non-hydrogen) atoms. The van der Waals surface area contributed by atoms with Gasteiger partial charge in [0, 0.05) is 14.1 Å². The van der Waals surface area contributed by atoms with E-state index in [1.165, 1.54) is 6.07 Å². The van der Waals surface area contributed by atoms with E-state index in [0.29, 0.717) is 17.7 Å². The van der Waals surface area contributed by atoms with Crippen LogP contribution in [0.2, 0.25) is 0 Å². The van der Waals surface area contributed by atoms with Crippen molar-refractivity contribution >= 4 is 11.7 Å². The molecule has 4 heteroatoms. The number of carbonyl (C=O) groups is 1. The van der Waals surface area contributed by atoms with Gasteiger partial charge in [0.15, 0.2) is 0 Å². The van der Waals surface area contributed by atoms with Crippen molar-refractivity contribution in [3.05, 3.63) is 29.6 Å². The van der Waals surface area contributed by atoms with Crippen molar-refractivity contribution < 1.29 is 14.3 Å². The molecule has 0 aliphatic carbocycles. The summed E-state index contributed by atoms with van der Waals surface area (Å²) in [4.78, 5) is 12.6. The lowest BCUT2D eigenvalue weighted by Gasteiger charge is -2.16. The van der Waals surface area contributed by atoms with Crippen LogP contribution in [0.3, 0.4) is 0 Å². The summed E-state index contributed by atoms with van der Waals surface area (Å²) in [5.74, 6) is -1.94. The number of benzene rings is 1. The second kappa shape index (κ2) is 4.96. The van der Waals surface area contributed by atoms with Gasteiger partial charge in [-0.05, 0) is 24.1 Å². The summed E-state index contributed by atoms with van der Waals surface area (Å²) < 4.78 is 13.6. The summed E-state index contributed by atoms with van der Waals surface area (Å²) in [6.07, 6.45) is 0.454. The summed E-state index contributed by atoms with van der Waals surface area (Å²) in [5.41, 5.74) is 0.974. The fourth-order valence-corrected chi connectivity index (χ4v) is 1.66. The first-order valence-corrected chi connectivity index (χ1v) is 5.17. The first kappa shape index (κ1) is 12.5. The summed E-state index contributed by atoms with van der Waals surface area (Å²) >= 11 is 0. The van der Waals surface area contributed by atoms with Gasteiger partial charge >= 0.3 is 5.97 Å². The molecule has 1 unspecified atom stereocenters. The Labute approximate surface area is 94.5 Å². The Kier molecular flexibility index (Phi) is 3.88. The molecule has 1 atom stereocenters. The third-order valence-corrected chi connectivity index (χ3v) is 2.56. The molecule has 0 amide bonds. The number of carboxylic acid groups (broad SMARTS) is 1. The van der Waals surface area contributed by atoms with E-state index in [-0.39, 0.29) is 5.82 Å². The van der Waals surface area contributed by atoms with E-state index in [9.17, 15) is 9.18 Å². The Morgan fingerprint density at radius 2 is 2.12 bits per heavy atom. The van der Waals surface area contributed by atoms with Gasteiger partial charge in [-0.15, -0.1) is 0 Å². The second-order valence-corrected chi connectivity index (χ2v) is 3.90. The molecule has 0 aromatic heterocycles. The van der Waals surface area contributed by atoms with Crippen LogP contribution >= 0.6 is 0 Å². The molecular formula is C12H16FNO2. The summed E-state index contributed by atoms with van der Waals surface area (Å²) in [7, 11) is 3.49. The van der Waals surface area contributed by atoms with Gasteiger partial charge in [-0.2, -0.15) is 0 Å². The molecule has 0 radical (unpaired) electrons. The first-order valence-electron chi connectivity index (χ1n) is 5.17. The lowest BCUT2D eigenvalue weighted by molar-refractivity contribution is -0.138. The number of halogens is 1. The van der Waals surface area contributed by atoms with Gasteiger partial charge in [0.05, 0.1) is 11.6 Å². The predicted molar refractivity (Wildman–Crippen MR) is 61.4 cm³/mol. The van der Waals surface area contributed by atoms with Gasteiger partial charge in [0.1, 0.15) is 5.82 Å². The van der Waals surface area contributed by atoms with Gasteiger partial charge in [-0.3, -0.25) is 4.79 Å². The molecule has 0 aliphatic heterocycles. The molecule has 0 saturated carbocycles. The third kappa shape index (κ3) is 2.51. The van der Waals surface area contributed by atoms with E-state index in [4.69, 9.17) is 5.11 Å². The maximum atomic E-state index is 13.6. The van der Waals surface area contributed by atoms with E-state index < -0.39 is 11.9 Å². The minimum atomic E-state index is -0.917. The van der Waals surface area contributed by atoms with E-state index in [1.54, 1.807) is 38.1 Å². The maximum absolute atomic E-state index is 13.6. The minimum Gasteiger partial charge on any atom is -0.481 e. The Bertz CT molecular complexity index is 391. The number of carboxylic acids is 1. The normalized spacial score (nSPS) is 12.2. The average molecular weight is 225 g/mol. The van der Waals surface area contributed by atoms with Crippen molar-refractivity contribution in [3.8, 4) is 0 Å². The van der Waals surface area contributed by atoms with Gasteiger partial charge in [-0.1, -0.05) is 13.0 Å². The van der Waals surface area contributed by atoms with Crippen molar-refractivity contribution in [2.45, 2.75) is 19.3 Å². The molecule has 1 aromatic carbocycles. The highest BCUT2D eigenvalue weighted by atomic mass is 19.1. The molecule has 0 saturated heterocycles. The number of anilines is 1. The molecule has 3 nitrogen and oxygen atoms in total. The number of hydrogen-bond acceptors (Lipinski definition) is 2. The molecule has 1 rings (SSSR count). The van der Waals surface area contributed by atoms with E-state index in [0.717, 1.165) is 0 Å². The molecule has 0 aliphatic rings. The van der Waals surface area contributed by atoms with Crippen LogP contribution in [0.1, 0.15) is 24.8 Å². The number of rotatable bonds is 4. The van der Waals surface area contributed by atoms with Crippen LogP contribution in [0, 0.1) is 5.82 Å². The summed E-state index contributed by atoms with van der Waals surface area (Å²) in [6.45, 7) is 1.77. The van der Waals surface area contributed by atoms with Crippen LogP contribution in [0.25, 0.3) is 0 Å². The topological polar surface area (TPSA) is 40.5 Å². The SMILES string of the molecule is CCC(C(=O)O)c1ccc(N(C)C)c(F)c1. The van der Waals surface area contributed by atoms with Crippen LogP contribution < -0.4 is 4.90 Å². The van der Waals surface area contributed by atoms with Crippen molar-refractivity contribution in [2.24, 2.45) is 0 Å². The fraction of sp³-hybridized carbons (Fsp3) is 0.417. The van der Waals surface area contributed by atoms with Gasteiger partial charge in [0.2, 0.25) is 0 Å². The zero-order valence-corrected chi connectivity index (χ0v) is 9.70. The molecule has 0 bridgehead atoms. The zero-order valence-electron chi connectivity index (χ0n) is 9.70. The predicted octanol–water partition coefficient (Wildman–Crippen LogP) is 2.47. The molecule has 0 spiro atoms. The Morgan fingerprint density at radius 1 is 1.50 bits per heavy atom. The van der Waals surface area contributed by atoms with Crippen LogP contribution in [-0.4, -0.2) is 25.2 Å². The van der Waals surface area contributed by atoms with Crippen molar-refractivity contribution in [2.75, 3.05) is 19.0 Å². The van der Waals surface area contributed by atoms with Crippen LogP contribution in [0.5, 0.6) is 0 Å². The molecule has 1 N–H and O–H groups in total. The van der Waals surface area contributed by atoms with E-state index in [1.807, 2.05) is 0 Å². The van der Waals surface area contributed by atoms with Crippen LogP contribution in [-0.2, 0) is 4.79 Å². The first-order chi connectivity index (χ1) is 7.47. The maximum Gasteiger partial charge on any atom is 0.310 e. The highest BCUT2D eigenvalue weighted by molar-refractivity contribution is 5.76. The highest BCUT2D eigenvalue weighted by Crippen LogP contribution is 2.25. The van der Waals surface area contributed by atoms with E-state index in [2.05, 4.69) is 0 Å². The van der Waals surface area contributed by atoms with Crippen LogP contribution in [0.4, 0.5) is 10.1 Å². The molecule has 0 heterocycles. The third-order valence-electron chi connectivity index (χ3n) is 2.56. The molecule has 0 fully saturated rings. The summed E-state index contributed by atoms with van der Waals surface area (Å²) in [6, 6.07) is 4.58. The number of nitrogens with zero attached hydrogens (tertiary/aromatic N) is 1.